The van der Waals surface area contributed by atoms with Crippen molar-refractivity contribution in [3.05, 3.63) is 53.7 Å². The number of hydrogen-bond acceptors (Lipinski definition) is 3. The number of methoxy groups -OCH3 is 1. The van der Waals surface area contributed by atoms with Crippen LogP contribution in [0.5, 0.6) is 11.5 Å². The topological polar surface area (TPSA) is 70.7 Å². The number of aromatic amines is 1. The van der Waals surface area contributed by atoms with Crippen molar-refractivity contribution < 1.29 is 9.47 Å². The third-order valence-corrected chi connectivity index (χ3v) is 4.64. The first kappa shape index (κ1) is 19.6. The van der Waals surface area contributed by atoms with Gasteiger partial charge in [-0.05, 0) is 44.0 Å². The van der Waals surface area contributed by atoms with Crippen molar-refractivity contribution in [3.8, 4) is 11.5 Å². The first-order chi connectivity index (χ1) is 13.7. The molecule has 0 aliphatic carbocycles. The molecule has 6 nitrogen and oxygen atoms in total. The Morgan fingerprint density at radius 1 is 1.14 bits per heavy atom. The molecule has 0 saturated carbocycles. The molecule has 0 unspecified atom stereocenters. The molecule has 148 valence electrons. The van der Waals surface area contributed by atoms with E-state index in [1.54, 1.807) is 14.2 Å². The zero-order valence-corrected chi connectivity index (χ0v) is 16.9. The van der Waals surface area contributed by atoms with Crippen molar-refractivity contribution in [3.63, 3.8) is 0 Å². The predicted octanol–water partition coefficient (Wildman–Crippen LogP) is 4.11. The first-order valence-corrected chi connectivity index (χ1v) is 9.51. The van der Waals surface area contributed by atoms with Crippen molar-refractivity contribution in [2.24, 2.45) is 4.99 Å². The highest BCUT2D eigenvalue weighted by molar-refractivity contribution is 5.94. The van der Waals surface area contributed by atoms with Gasteiger partial charge < -0.3 is 25.1 Å². The summed E-state index contributed by atoms with van der Waals surface area (Å²) in [4.78, 5) is 7.77. The maximum Gasteiger partial charge on any atom is 0.195 e. The molecule has 0 atom stereocenters. The van der Waals surface area contributed by atoms with Gasteiger partial charge in [0.1, 0.15) is 0 Å². The SMILES string of the molecule is CCOc1cc(NC(=NC)NCCc2c(C)[nH]c3ccccc23)ccc1OC. The van der Waals surface area contributed by atoms with Crippen LogP contribution in [-0.4, -0.2) is 38.3 Å². The van der Waals surface area contributed by atoms with Gasteiger partial charge in [-0.15, -0.1) is 0 Å². The van der Waals surface area contributed by atoms with Crippen molar-refractivity contribution >= 4 is 22.5 Å². The minimum absolute atomic E-state index is 0.580. The van der Waals surface area contributed by atoms with E-state index >= 15 is 0 Å². The van der Waals surface area contributed by atoms with E-state index in [1.165, 1.54) is 22.2 Å². The van der Waals surface area contributed by atoms with Gasteiger partial charge in [0.2, 0.25) is 0 Å². The summed E-state index contributed by atoms with van der Waals surface area (Å²) in [5.41, 5.74) is 4.61. The lowest BCUT2D eigenvalue weighted by Gasteiger charge is -2.14. The molecule has 0 spiro atoms. The van der Waals surface area contributed by atoms with Gasteiger partial charge in [0.25, 0.3) is 0 Å². The number of hydrogen-bond donors (Lipinski definition) is 3. The summed E-state index contributed by atoms with van der Waals surface area (Å²) in [6.07, 6.45) is 0.906. The Hall–Kier alpha value is -3.15. The number of H-pyrrole nitrogens is 1. The minimum atomic E-state index is 0.580. The van der Waals surface area contributed by atoms with Crippen LogP contribution in [-0.2, 0) is 6.42 Å². The Morgan fingerprint density at radius 3 is 2.71 bits per heavy atom. The third-order valence-electron chi connectivity index (χ3n) is 4.64. The maximum atomic E-state index is 5.64. The second-order valence-electron chi connectivity index (χ2n) is 6.45. The smallest absolute Gasteiger partial charge is 0.195 e. The number of anilines is 1. The van der Waals surface area contributed by atoms with Crippen molar-refractivity contribution in [2.45, 2.75) is 20.3 Å². The summed E-state index contributed by atoms with van der Waals surface area (Å²) in [6, 6.07) is 14.1. The molecule has 2 aromatic carbocycles. The summed E-state index contributed by atoms with van der Waals surface area (Å²) >= 11 is 0. The first-order valence-electron chi connectivity index (χ1n) is 9.51. The highest BCUT2D eigenvalue weighted by Gasteiger charge is 2.09. The van der Waals surface area contributed by atoms with E-state index in [1.807, 2.05) is 25.1 Å². The summed E-state index contributed by atoms with van der Waals surface area (Å²) < 4.78 is 11.0. The number of rotatable bonds is 7. The molecule has 3 aromatic rings. The molecule has 0 amide bonds. The monoisotopic (exact) mass is 380 g/mol. The molecular weight excluding hydrogens is 352 g/mol. The average molecular weight is 380 g/mol. The summed E-state index contributed by atoms with van der Waals surface area (Å²) in [5, 5.41) is 7.97. The van der Waals surface area contributed by atoms with Crippen LogP contribution in [0.2, 0.25) is 0 Å². The Kier molecular flexibility index (Phi) is 6.42. The van der Waals surface area contributed by atoms with E-state index < -0.39 is 0 Å². The molecule has 3 rings (SSSR count). The van der Waals surface area contributed by atoms with Crippen LogP contribution < -0.4 is 20.1 Å². The molecule has 0 saturated heterocycles. The lowest BCUT2D eigenvalue weighted by atomic mass is 10.1. The van der Waals surface area contributed by atoms with Crippen LogP contribution in [0.3, 0.4) is 0 Å². The standard InChI is InChI=1S/C22H28N4O2/c1-5-28-21-14-16(10-11-20(21)27-4)26-22(23-3)24-13-12-17-15(2)25-19-9-7-6-8-18(17)19/h6-11,14,25H,5,12-13H2,1-4H3,(H2,23,24,26). The van der Waals surface area contributed by atoms with Gasteiger partial charge in [0.15, 0.2) is 17.5 Å². The van der Waals surface area contributed by atoms with Gasteiger partial charge in [0.05, 0.1) is 13.7 Å². The zero-order valence-electron chi connectivity index (χ0n) is 16.9. The number of benzene rings is 2. The summed E-state index contributed by atoms with van der Waals surface area (Å²) in [5.74, 6) is 2.13. The number of nitrogens with zero attached hydrogens (tertiary/aromatic N) is 1. The van der Waals surface area contributed by atoms with Crippen molar-refractivity contribution in [1.29, 1.82) is 0 Å². The van der Waals surface area contributed by atoms with Crippen LogP contribution in [0, 0.1) is 6.92 Å². The molecule has 0 aliphatic rings. The van der Waals surface area contributed by atoms with Crippen molar-refractivity contribution in [2.75, 3.05) is 32.6 Å². The number of ether oxygens (including phenoxy) is 2. The number of para-hydroxylation sites is 1. The minimum Gasteiger partial charge on any atom is -0.493 e. The lowest BCUT2D eigenvalue weighted by Crippen LogP contribution is -2.32. The molecule has 3 N–H and O–H groups in total. The van der Waals surface area contributed by atoms with Gasteiger partial charge in [-0.25, -0.2) is 0 Å². The van der Waals surface area contributed by atoms with Crippen LogP contribution in [0.4, 0.5) is 5.69 Å². The molecule has 1 aromatic heterocycles. The van der Waals surface area contributed by atoms with E-state index in [-0.39, 0.29) is 0 Å². The summed E-state index contributed by atoms with van der Waals surface area (Å²) in [6.45, 7) is 5.43. The molecule has 0 radical (unpaired) electrons. The largest absolute Gasteiger partial charge is 0.493 e. The molecular formula is C22H28N4O2. The Labute approximate surface area is 166 Å². The Morgan fingerprint density at radius 2 is 1.96 bits per heavy atom. The fourth-order valence-electron chi connectivity index (χ4n) is 3.30. The molecule has 0 fully saturated rings. The van der Waals surface area contributed by atoms with Crippen LogP contribution in [0.15, 0.2) is 47.5 Å². The summed E-state index contributed by atoms with van der Waals surface area (Å²) in [7, 11) is 3.40. The molecule has 6 heteroatoms. The van der Waals surface area contributed by atoms with Crippen LogP contribution in [0.1, 0.15) is 18.2 Å². The second kappa shape index (κ2) is 9.17. The van der Waals surface area contributed by atoms with E-state index in [4.69, 9.17) is 9.47 Å². The fraction of sp³-hybridized carbons (Fsp3) is 0.318. The van der Waals surface area contributed by atoms with Gasteiger partial charge >= 0.3 is 0 Å². The quantitative estimate of drug-likeness (QED) is 0.426. The number of fused-ring (bicyclic) bond motifs is 1. The van der Waals surface area contributed by atoms with Gasteiger partial charge in [-0.3, -0.25) is 4.99 Å². The van der Waals surface area contributed by atoms with Crippen LogP contribution >= 0.6 is 0 Å². The highest BCUT2D eigenvalue weighted by atomic mass is 16.5. The third kappa shape index (κ3) is 4.39. The van der Waals surface area contributed by atoms with E-state index in [0.29, 0.717) is 24.1 Å². The van der Waals surface area contributed by atoms with E-state index in [0.717, 1.165) is 18.7 Å². The zero-order chi connectivity index (χ0) is 19.9. The number of aromatic nitrogens is 1. The highest BCUT2D eigenvalue weighted by Crippen LogP contribution is 2.30. The number of guanidine groups is 1. The molecule has 28 heavy (non-hydrogen) atoms. The lowest BCUT2D eigenvalue weighted by molar-refractivity contribution is 0.311. The number of aliphatic imine (C=N–C) groups is 1. The van der Waals surface area contributed by atoms with Crippen LogP contribution in [0.25, 0.3) is 10.9 Å². The maximum absolute atomic E-state index is 5.64. The molecule has 1 heterocycles. The van der Waals surface area contributed by atoms with Gasteiger partial charge in [-0.2, -0.15) is 0 Å². The molecule has 0 bridgehead atoms. The average Bonchev–Trinajstić information content (AvgIpc) is 3.03. The van der Waals surface area contributed by atoms with E-state index in [9.17, 15) is 0 Å². The van der Waals surface area contributed by atoms with Gasteiger partial charge in [0, 0.05) is 41.9 Å². The van der Waals surface area contributed by atoms with Crippen molar-refractivity contribution in [1.82, 2.24) is 10.3 Å². The Balaban J connectivity index is 1.63. The van der Waals surface area contributed by atoms with E-state index in [2.05, 4.69) is 51.8 Å². The fourth-order valence-corrected chi connectivity index (χ4v) is 3.30. The van der Waals surface area contributed by atoms with Gasteiger partial charge in [-0.1, -0.05) is 18.2 Å². The Bertz CT molecular complexity index is 962. The number of nitrogens with one attached hydrogen (secondary N) is 3. The second-order valence-corrected chi connectivity index (χ2v) is 6.45. The normalized spacial score (nSPS) is 11.5. The predicted molar refractivity (Wildman–Crippen MR) is 116 cm³/mol. The molecule has 0 aliphatic heterocycles. The number of aryl methyl sites for hydroxylation is 1.